The first-order chi connectivity index (χ1) is 11.6. The number of halogens is 1. The third-order valence-corrected chi connectivity index (χ3v) is 3.33. The molecule has 0 aliphatic heterocycles. The minimum Gasteiger partial charge on any atom is -0.490 e. The average molecular weight is 348 g/mol. The molecule has 0 aliphatic carbocycles. The molecule has 0 fully saturated rings. The smallest absolute Gasteiger partial charge is 0.307 e. The number of rotatable bonds is 8. The van der Waals surface area contributed by atoms with Crippen LogP contribution in [0.1, 0.15) is 16.8 Å². The Kier molecular flexibility index (Phi) is 7.11. The van der Waals surface area contributed by atoms with Crippen molar-refractivity contribution in [3.63, 3.8) is 0 Å². The van der Waals surface area contributed by atoms with E-state index in [1.54, 1.807) is 24.3 Å². The molecule has 0 aliphatic rings. The Morgan fingerprint density at radius 1 is 0.958 bits per heavy atom. The lowest BCUT2D eigenvalue weighted by atomic mass is 10.2. The minimum atomic E-state index is -0.386. The number of carbonyl (C=O) groups excluding carboxylic acids is 2. The Labute approximate surface area is 145 Å². The van der Waals surface area contributed by atoms with Crippen LogP contribution in [0.2, 0.25) is 5.02 Å². The molecule has 2 aromatic rings. The second-order valence-corrected chi connectivity index (χ2v) is 5.33. The van der Waals surface area contributed by atoms with Crippen LogP contribution in [0, 0.1) is 0 Å². The molecule has 24 heavy (non-hydrogen) atoms. The van der Waals surface area contributed by atoms with Crippen LogP contribution in [0.4, 0.5) is 0 Å². The van der Waals surface area contributed by atoms with E-state index in [0.717, 1.165) is 5.75 Å². The number of hydrogen-bond acceptors (Lipinski definition) is 4. The quantitative estimate of drug-likeness (QED) is 0.588. The average Bonchev–Trinajstić information content (AvgIpc) is 2.60. The zero-order valence-electron chi connectivity index (χ0n) is 13.0. The molecule has 0 radical (unpaired) electrons. The lowest BCUT2D eigenvalue weighted by molar-refractivity contribution is -0.144. The highest BCUT2D eigenvalue weighted by atomic mass is 35.5. The van der Waals surface area contributed by atoms with E-state index >= 15 is 0 Å². The van der Waals surface area contributed by atoms with Crippen LogP contribution in [-0.2, 0) is 9.53 Å². The Balaban J connectivity index is 1.58. The monoisotopic (exact) mass is 347 g/mol. The van der Waals surface area contributed by atoms with Crippen molar-refractivity contribution in [2.45, 2.75) is 6.42 Å². The number of nitrogens with one attached hydrogen (secondary N) is 1. The van der Waals surface area contributed by atoms with Gasteiger partial charge in [-0.05, 0) is 36.4 Å². The number of ether oxygens (including phenoxy) is 2. The molecular formula is C18H18ClNO4. The number of amides is 1. The van der Waals surface area contributed by atoms with E-state index in [1.807, 2.05) is 30.3 Å². The van der Waals surface area contributed by atoms with Crippen LogP contribution in [-0.4, -0.2) is 31.6 Å². The van der Waals surface area contributed by atoms with Crippen molar-refractivity contribution in [1.29, 1.82) is 0 Å². The number of benzene rings is 2. The van der Waals surface area contributed by atoms with E-state index in [2.05, 4.69) is 5.32 Å². The van der Waals surface area contributed by atoms with Gasteiger partial charge < -0.3 is 14.8 Å². The first kappa shape index (κ1) is 17.8. The van der Waals surface area contributed by atoms with Crippen LogP contribution in [0.3, 0.4) is 0 Å². The Morgan fingerprint density at radius 2 is 1.67 bits per heavy atom. The van der Waals surface area contributed by atoms with E-state index in [9.17, 15) is 9.59 Å². The van der Waals surface area contributed by atoms with Gasteiger partial charge in [-0.25, -0.2) is 0 Å². The molecule has 1 N–H and O–H groups in total. The Morgan fingerprint density at radius 3 is 2.38 bits per heavy atom. The summed E-state index contributed by atoms with van der Waals surface area (Å²) in [6.07, 6.45) is 0.102. The van der Waals surface area contributed by atoms with Gasteiger partial charge in [0.2, 0.25) is 0 Å². The summed E-state index contributed by atoms with van der Waals surface area (Å²) < 4.78 is 10.4. The number of hydrogen-bond donors (Lipinski definition) is 1. The number of carbonyl (C=O) groups is 2. The maximum atomic E-state index is 11.8. The molecule has 0 unspecified atom stereocenters. The summed E-state index contributed by atoms with van der Waals surface area (Å²) in [6.45, 7) is 0.658. The second-order valence-electron chi connectivity index (χ2n) is 4.89. The van der Waals surface area contributed by atoms with Gasteiger partial charge in [-0.1, -0.05) is 29.8 Å². The van der Waals surface area contributed by atoms with Crippen molar-refractivity contribution < 1.29 is 19.1 Å². The summed E-state index contributed by atoms with van der Waals surface area (Å²) in [5.41, 5.74) is 0.490. The van der Waals surface area contributed by atoms with Gasteiger partial charge in [0.1, 0.15) is 19.0 Å². The van der Waals surface area contributed by atoms with E-state index in [0.29, 0.717) is 10.6 Å². The van der Waals surface area contributed by atoms with Crippen molar-refractivity contribution in [2.24, 2.45) is 0 Å². The first-order valence-electron chi connectivity index (χ1n) is 7.52. The van der Waals surface area contributed by atoms with Gasteiger partial charge >= 0.3 is 5.97 Å². The second kappa shape index (κ2) is 9.57. The summed E-state index contributed by atoms with van der Waals surface area (Å²) in [7, 11) is 0. The molecule has 0 spiro atoms. The summed E-state index contributed by atoms with van der Waals surface area (Å²) in [5, 5.41) is 3.21. The predicted molar refractivity (Wildman–Crippen MR) is 91.3 cm³/mol. The molecule has 0 heterocycles. The van der Waals surface area contributed by atoms with Crippen molar-refractivity contribution in [2.75, 3.05) is 19.8 Å². The van der Waals surface area contributed by atoms with Crippen molar-refractivity contribution in [1.82, 2.24) is 5.32 Å². The van der Waals surface area contributed by atoms with E-state index < -0.39 is 0 Å². The topological polar surface area (TPSA) is 64.6 Å². The zero-order valence-corrected chi connectivity index (χ0v) is 13.8. The Bertz CT molecular complexity index is 658. The van der Waals surface area contributed by atoms with Gasteiger partial charge in [-0.2, -0.15) is 0 Å². The number of para-hydroxylation sites is 1. The third kappa shape index (κ3) is 6.30. The lowest BCUT2D eigenvalue weighted by Crippen LogP contribution is -2.26. The largest absolute Gasteiger partial charge is 0.490 e. The van der Waals surface area contributed by atoms with Gasteiger partial charge in [0.25, 0.3) is 5.91 Å². The van der Waals surface area contributed by atoms with Crippen LogP contribution in [0.15, 0.2) is 54.6 Å². The highest BCUT2D eigenvalue weighted by Crippen LogP contribution is 2.09. The molecular weight excluding hydrogens is 330 g/mol. The van der Waals surface area contributed by atoms with Crippen LogP contribution < -0.4 is 10.1 Å². The third-order valence-electron chi connectivity index (χ3n) is 3.08. The summed E-state index contributed by atoms with van der Waals surface area (Å²) in [4.78, 5) is 23.4. The molecule has 0 atom stereocenters. The zero-order chi connectivity index (χ0) is 17.2. The molecule has 0 aromatic heterocycles. The van der Waals surface area contributed by atoms with E-state index in [4.69, 9.17) is 21.1 Å². The molecule has 2 rings (SSSR count). The van der Waals surface area contributed by atoms with Gasteiger partial charge in [0.15, 0.2) is 0 Å². The highest BCUT2D eigenvalue weighted by molar-refractivity contribution is 6.30. The van der Waals surface area contributed by atoms with Gasteiger partial charge in [0, 0.05) is 17.1 Å². The highest BCUT2D eigenvalue weighted by Gasteiger charge is 2.07. The fourth-order valence-electron chi connectivity index (χ4n) is 1.89. The molecule has 2 aromatic carbocycles. The fraction of sp³-hybridized carbons (Fsp3) is 0.222. The maximum Gasteiger partial charge on any atom is 0.307 e. The van der Waals surface area contributed by atoms with Gasteiger partial charge in [-0.3, -0.25) is 9.59 Å². The first-order valence-corrected chi connectivity index (χ1v) is 7.90. The van der Waals surface area contributed by atoms with Gasteiger partial charge in [-0.15, -0.1) is 0 Å². The molecule has 0 saturated carbocycles. The molecule has 5 nitrogen and oxygen atoms in total. The lowest BCUT2D eigenvalue weighted by Gasteiger charge is -2.08. The van der Waals surface area contributed by atoms with Gasteiger partial charge in [0.05, 0.1) is 6.42 Å². The van der Waals surface area contributed by atoms with Crippen LogP contribution >= 0.6 is 11.6 Å². The maximum absolute atomic E-state index is 11.8. The summed E-state index contributed by atoms with van der Waals surface area (Å²) >= 11 is 5.76. The fourth-order valence-corrected chi connectivity index (χ4v) is 2.01. The molecule has 0 saturated heterocycles. The minimum absolute atomic E-state index is 0.102. The summed E-state index contributed by atoms with van der Waals surface area (Å²) in [5.74, 6) is 0.0822. The number of esters is 1. The normalized spacial score (nSPS) is 10.0. The predicted octanol–water partition coefficient (Wildman–Crippen LogP) is 3.08. The summed E-state index contributed by atoms with van der Waals surface area (Å²) in [6, 6.07) is 15.8. The van der Waals surface area contributed by atoms with E-state index in [-0.39, 0.29) is 38.1 Å². The molecule has 1 amide bonds. The Hall–Kier alpha value is -2.53. The van der Waals surface area contributed by atoms with Crippen molar-refractivity contribution in [3.8, 4) is 5.75 Å². The molecule has 6 heteroatoms. The standard InChI is InChI=1S/C18H18ClNO4/c19-15-8-6-14(7-9-15)18(22)20-11-10-17(21)24-13-12-23-16-4-2-1-3-5-16/h1-9H,10-13H2,(H,20,22). The van der Waals surface area contributed by atoms with E-state index in [1.165, 1.54) is 0 Å². The van der Waals surface area contributed by atoms with Crippen molar-refractivity contribution in [3.05, 3.63) is 65.2 Å². The van der Waals surface area contributed by atoms with Crippen LogP contribution in [0.5, 0.6) is 5.75 Å². The molecule has 126 valence electrons. The van der Waals surface area contributed by atoms with Crippen LogP contribution in [0.25, 0.3) is 0 Å². The molecule has 0 bridgehead atoms. The SMILES string of the molecule is O=C(CCNC(=O)c1ccc(Cl)cc1)OCCOc1ccccc1. The van der Waals surface area contributed by atoms with Crippen molar-refractivity contribution >= 4 is 23.5 Å².